The van der Waals surface area contributed by atoms with Crippen molar-refractivity contribution < 1.29 is 0 Å². The van der Waals surface area contributed by atoms with Gasteiger partial charge in [0, 0.05) is 44.6 Å². The lowest BCUT2D eigenvalue weighted by molar-refractivity contribution is 0.638. The Labute approximate surface area is 159 Å². The lowest BCUT2D eigenvalue weighted by Crippen LogP contribution is -2.47. The van der Waals surface area contributed by atoms with Gasteiger partial charge in [0.05, 0.1) is 6.20 Å². The van der Waals surface area contributed by atoms with Crippen LogP contribution in [0.1, 0.15) is 6.92 Å². The average molecular weight is 361 g/mol. The quantitative estimate of drug-likeness (QED) is 0.692. The zero-order valence-corrected chi connectivity index (χ0v) is 15.4. The van der Waals surface area contributed by atoms with Crippen molar-refractivity contribution >= 4 is 23.3 Å². The molecule has 1 aliphatic heterocycles. The average Bonchev–Trinajstić information content (AvgIpc) is 2.76. The first-order chi connectivity index (χ1) is 13.3. The van der Waals surface area contributed by atoms with Crippen molar-refractivity contribution in [1.29, 1.82) is 0 Å². The van der Waals surface area contributed by atoms with Gasteiger partial charge >= 0.3 is 0 Å². The number of hydrogen-bond acceptors (Lipinski definition) is 7. The predicted molar refractivity (Wildman–Crippen MR) is 108 cm³/mol. The fourth-order valence-corrected chi connectivity index (χ4v) is 3.31. The minimum absolute atomic E-state index is 0.633. The highest BCUT2D eigenvalue weighted by Gasteiger charge is 2.20. The molecule has 138 valence electrons. The maximum absolute atomic E-state index is 4.79. The molecule has 0 saturated carbocycles. The van der Waals surface area contributed by atoms with E-state index in [1.165, 1.54) is 0 Å². The second-order valence-electron chi connectivity index (χ2n) is 6.36. The Balaban J connectivity index is 1.48. The number of nitrogens with zero attached hydrogens (tertiary/aromatic N) is 7. The third-order valence-corrected chi connectivity index (χ3v) is 4.74. The molecule has 0 N–H and O–H groups in total. The molecule has 1 saturated heterocycles. The minimum atomic E-state index is 0.633. The van der Waals surface area contributed by atoms with E-state index in [0.29, 0.717) is 5.95 Å². The number of aromatic nitrogens is 4. The van der Waals surface area contributed by atoms with E-state index < -0.39 is 0 Å². The molecule has 0 aliphatic carbocycles. The number of para-hydroxylation sites is 1. The van der Waals surface area contributed by atoms with Crippen molar-refractivity contribution in [2.24, 2.45) is 0 Å². The molecule has 7 nitrogen and oxygen atoms in total. The van der Waals surface area contributed by atoms with E-state index in [9.17, 15) is 0 Å². The fourth-order valence-electron chi connectivity index (χ4n) is 3.31. The van der Waals surface area contributed by atoms with Gasteiger partial charge in [0.2, 0.25) is 0 Å². The molecule has 1 aliphatic rings. The van der Waals surface area contributed by atoms with Crippen LogP contribution in [0.3, 0.4) is 0 Å². The number of pyridine rings is 1. The summed E-state index contributed by atoms with van der Waals surface area (Å²) in [6.07, 6.45) is 3.59. The van der Waals surface area contributed by atoms with Crippen molar-refractivity contribution in [2.45, 2.75) is 6.92 Å². The summed E-state index contributed by atoms with van der Waals surface area (Å²) >= 11 is 0. The van der Waals surface area contributed by atoms with Crippen molar-refractivity contribution in [3.8, 4) is 0 Å². The molecule has 7 heteroatoms. The molecule has 0 bridgehead atoms. The molecule has 0 atom stereocenters. The van der Waals surface area contributed by atoms with E-state index in [1.54, 1.807) is 6.20 Å². The van der Waals surface area contributed by atoms with Gasteiger partial charge in [-0.2, -0.15) is 10.1 Å². The second-order valence-corrected chi connectivity index (χ2v) is 6.36. The Kier molecular flexibility index (Phi) is 5.09. The summed E-state index contributed by atoms with van der Waals surface area (Å²) in [5, 5.41) is 8.47. The SMILES string of the molecule is CCN(c1ccccc1)c1nncc(N2CCN(c3ccccn3)CC2)n1. The first kappa shape index (κ1) is 17.2. The van der Waals surface area contributed by atoms with Crippen LogP contribution in [0.25, 0.3) is 0 Å². The van der Waals surface area contributed by atoms with Crippen molar-refractivity contribution in [3.63, 3.8) is 0 Å². The van der Waals surface area contributed by atoms with Gasteiger partial charge in [0.1, 0.15) is 5.82 Å². The highest BCUT2D eigenvalue weighted by atomic mass is 15.4. The lowest BCUT2D eigenvalue weighted by Gasteiger charge is -2.36. The Hall–Kier alpha value is -3.22. The van der Waals surface area contributed by atoms with Crippen LogP contribution in [-0.2, 0) is 0 Å². The first-order valence-corrected chi connectivity index (χ1v) is 9.28. The standard InChI is InChI=1S/C20H23N7/c1-2-27(17-8-4-3-5-9-17)20-23-19(16-22-24-20)26-14-12-25(13-15-26)18-10-6-7-11-21-18/h3-11,16H,2,12-15H2,1H3. The van der Waals surface area contributed by atoms with Gasteiger partial charge in [-0.25, -0.2) is 4.98 Å². The maximum atomic E-state index is 4.79. The third-order valence-electron chi connectivity index (χ3n) is 4.74. The van der Waals surface area contributed by atoms with Crippen LogP contribution in [0.4, 0.5) is 23.3 Å². The summed E-state index contributed by atoms with van der Waals surface area (Å²) in [7, 11) is 0. The van der Waals surface area contributed by atoms with Crippen LogP contribution in [0.2, 0.25) is 0 Å². The Bertz CT molecular complexity index is 848. The molecule has 3 aromatic rings. The molecule has 1 fully saturated rings. The maximum Gasteiger partial charge on any atom is 0.251 e. The second kappa shape index (κ2) is 7.99. The number of benzene rings is 1. The molecule has 0 spiro atoms. The van der Waals surface area contributed by atoms with Gasteiger partial charge in [-0.1, -0.05) is 24.3 Å². The Morgan fingerprint density at radius 1 is 0.889 bits per heavy atom. The molecule has 1 aromatic carbocycles. The van der Waals surface area contributed by atoms with Crippen LogP contribution in [0, 0.1) is 0 Å². The van der Waals surface area contributed by atoms with Crippen LogP contribution < -0.4 is 14.7 Å². The molecular formula is C20H23N7. The molecule has 27 heavy (non-hydrogen) atoms. The normalized spacial score (nSPS) is 14.3. The topological polar surface area (TPSA) is 61.3 Å². The van der Waals surface area contributed by atoms with Gasteiger partial charge in [-0.15, -0.1) is 5.10 Å². The van der Waals surface area contributed by atoms with E-state index in [2.05, 4.69) is 55.0 Å². The van der Waals surface area contributed by atoms with Crippen LogP contribution >= 0.6 is 0 Å². The smallest absolute Gasteiger partial charge is 0.251 e. The first-order valence-electron chi connectivity index (χ1n) is 9.28. The highest BCUT2D eigenvalue weighted by Crippen LogP contribution is 2.23. The van der Waals surface area contributed by atoms with Gasteiger partial charge in [-0.3, -0.25) is 0 Å². The van der Waals surface area contributed by atoms with Gasteiger partial charge in [0.15, 0.2) is 5.82 Å². The molecule has 2 aromatic heterocycles. The molecule has 0 amide bonds. The summed E-state index contributed by atoms with van der Waals surface area (Å²) in [5.41, 5.74) is 1.07. The summed E-state index contributed by atoms with van der Waals surface area (Å²) < 4.78 is 0. The summed E-state index contributed by atoms with van der Waals surface area (Å²) in [5.74, 6) is 2.53. The van der Waals surface area contributed by atoms with E-state index in [1.807, 2.05) is 36.5 Å². The van der Waals surface area contributed by atoms with Gasteiger partial charge < -0.3 is 14.7 Å². The summed E-state index contributed by atoms with van der Waals surface area (Å²) in [6.45, 7) is 6.45. The third kappa shape index (κ3) is 3.81. The fraction of sp³-hybridized carbons (Fsp3) is 0.300. The largest absolute Gasteiger partial charge is 0.353 e. The zero-order chi connectivity index (χ0) is 18.5. The Morgan fingerprint density at radius 2 is 1.59 bits per heavy atom. The van der Waals surface area contributed by atoms with Crippen LogP contribution in [0.5, 0.6) is 0 Å². The van der Waals surface area contributed by atoms with Crippen LogP contribution in [-0.4, -0.2) is 52.9 Å². The molecule has 0 radical (unpaired) electrons. The monoisotopic (exact) mass is 361 g/mol. The predicted octanol–water partition coefficient (Wildman–Crippen LogP) is 2.75. The van der Waals surface area contributed by atoms with E-state index in [4.69, 9.17) is 4.98 Å². The van der Waals surface area contributed by atoms with Crippen molar-refractivity contribution in [2.75, 3.05) is 47.4 Å². The van der Waals surface area contributed by atoms with Crippen molar-refractivity contribution in [1.82, 2.24) is 20.2 Å². The highest BCUT2D eigenvalue weighted by molar-refractivity contribution is 5.58. The Morgan fingerprint density at radius 3 is 2.26 bits per heavy atom. The molecular weight excluding hydrogens is 338 g/mol. The van der Waals surface area contributed by atoms with Crippen LogP contribution in [0.15, 0.2) is 60.9 Å². The zero-order valence-electron chi connectivity index (χ0n) is 15.4. The number of piperazine rings is 1. The lowest BCUT2D eigenvalue weighted by atomic mass is 10.3. The molecule has 4 rings (SSSR count). The molecule has 3 heterocycles. The van der Waals surface area contributed by atoms with Crippen molar-refractivity contribution in [3.05, 3.63) is 60.9 Å². The summed E-state index contributed by atoms with van der Waals surface area (Å²) in [4.78, 5) is 15.9. The van der Waals surface area contributed by atoms with Gasteiger partial charge in [-0.05, 0) is 31.2 Å². The van der Waals surface area contributed by atoms with E-state index >= 15 is 0 Å². The van der Waals surface area contributed by atoms with E-state index in [0.717, 1.165) is 50.0 Å². The number of anilines is 4. The number of hydrogen-bond donors (Lipinski definition) is 0. The number of rotatable bonds is 5. The van der Waals surface area contributed by atoms with Gasteiger partial charge in [0.25, 0.3) is 5.95 Å². The minimum Gasteiger partial charge on any atom is -0.353 e. The van der Waals surface area contributed by atoms with E-state index in [-0.39, 0.29) is 0 Å². The molecule has 0 unspecified atom stereocenters. The summed E-state index contributed by atoms with van der Waals surface area (Å²) in [6, 6.07) is 16.2.